The zero-order valence-corrected chi connectivity index (χ0v) is 9.44. The number of hydrogen-bond donors (Lipinski definition) is 1. The van der Waals surface area contributed by atoms with Crippen molar-refractivity contribution in [2.24, 2.45) is 0 Å². The maximum atomic E-state index is 4.45. The normalized spacial score (nSPS) is 10.1. The molecule has 0 saturated carbocycles. The second-order valence-electron chi connectivity index (χ2n) is 3.47. The van der Waals surface area contributed by atoms with Crippen molar-refractivity contribution < 1.29 is 0 Å². The van der Waals surface area contributed by atoms with E-state index in [9.17, 15) is 0 Å². The fourth-order valence-electron chi connectivity index (χ4n) is 1.45. The first-order chi connectivity index (χ1) is 7.81. The molecule has 82 valence electrons. The Balaban J connectivity index is 2.43. The van der Waals surface area contributed by atoms with Crippen LogP contribution in [0.3, 0.4) is 0 Å². The Morgan fingerprint density at radius 3 is 2.81 bits per heavy atom. The second kappa shape index (κ2) is 4.70. The summed E-state index contributed by atoms with van der Waals surface area (Å²) in [7, 11) is 0. The summed E-state index contributed by atoms with van der Waals surface area (Å²) < 4.78 is 0. The van der Waals surface area contributed by atoms with Gasteiger partial charge in [-0.3, -0.25) is 4.98 Å². The van der Waals surface area contributed by atoms with Crippen molar-refractivity contribution in [1.29, 1.82) is 0 Å². The second-order valence-corrected chi connectivity index (χ2v) is 3.47. The van der Waals surface area contributed by atoms with Crippen molar-refractivity contribution in [1.82, 2.24) is 15.0 Å². The molecule has 2 heterocycles. The molecule has 4 heteroatoms. The molecule has 0 unspecified atom stereocenters. The average molecular weight is 214 g/mol. The number of pyridine rings is 1. The van der Waals surface area contributed by atoms with Gasteiger partial charge in [0.1, 0.15) is 0 Å². The molecule has 0 saturated heterocycles. The molecule has 0 fully saturated rings. The molecule has 0 aliphatic heterocycles. The van der Waals surface area contributed by atoms with Gasteiger partial charge in [-0.15, -0.1) is 0 Å². The number of anilines is 1. The van der Waals surface area contributed by atoms with Crippen molar-refractivity contribution >= 4 is 5.95 Å². The van der Waals surface area contributed by atoms with Crippen molar-refractivity contribution in [2.45, 2.75) is 13.8 Å². The molecule has 0 aromatic carbocycles. The summed E-state index contributed by atoms with van der Waals surface area (Å²) in [5.74, 6) is 0.647. The molecule has 4 nitrogen and oxygen atoms in total. The van der Waals surface area contributed by atoms with Crippen LogP contribution in [0.2, 0.25) is 0 Å². The largest absolute Gasteiger partial charge is 0.354 e. The molecule has 16 heavy (non-hydrogen) atoms. The minimum Gasteiger partial charge on any atom is -0.354 e. The summed E-state index contributed by atoms with van der Waals surface area (Å²) in [6, 6.07) is 5.80. The van der Waals surface area contributed by atoms with Gasteiger partial charge >= 0.3 is 0 Å². The van der Waals surface area contributed by atoms with E-state index >= 15 is 0 Å². The number of nitrogens with one attached hydrogen (secondary N) is 1. The first-order valence-corrected chi connectivity index (χ1v) is 5.30. The molecule has 0 amide bonds. The number of rotatable bonds is 3. The van der Waals surface area contributed by atoms with Gasteiger partial charge in [-0.1, -0.05) is 6.07 Å². The van der Waals surface area contributed by atoms with Crippen LogP contribution in [0, 0.1) is 6.92 Å². The highest BCUT2D eigenvalue weighted by molar-refractivity contribution is 5.59. The highest BCUT2D eigenvalue weighted by Gasteiger charge is 2.06. The van der Waals surface area contributed by atoms with Crippen LogP contribution >= 0.6 is 0 Å². The van der Waals surface area contributed by atoms with E-state index in [0.717, 1.165) is 23.5 Å². The van der Waals surface area contributed by atoms with Gasteiger partial charge in [-0.2, -0.15) is 0 Å². The Kier molecular flexibility index (Phi) is 3.10. The first-order valence-electron chi connectivity index (χ1n) is 5.30. The van der Waals surface area contributed by atoms with Crippen molar-refractivity contribution in [2.75, 3.05) is 11.9 Å². The Hall–Kier alpha value is -1.97. The molecule has 0 bridgehead atoms. The molecule has 2 aromatic rings. The zero-order chi connectivity index (χ0) is 11.4. The van der Waals surface area contributed by atoms with Crippen LogP contribution in [0.5, 0.6) is 0 Å². The van der Waals surface area contributed by atoms with Gasteiger partial charge in [0.25, 0.3) is 0 Å². The van der Waals surface area contributed by atoms with Crippen LogP contribution in [0.25, 0.3) is 11.4 Å². The molecule has 0 radical (unpaired) electrons. The third-order valence-corrected chi connectivity index (χ3v) is 2.21. The van der Waals surface area contributed by atoms with Crippen LogP contribution < -0.4 is 5.32 Å². The summed E-state index contributed by atoms with van der Waals surface area (Å²) in [4.78, 5) is 12.9. The molecular weight excluding hydrogens is 200 g/mol. The van der Waals surface area contributed by atoms with Crippen LogP contribution in [-0.4, -0.2) is 21.5 Å². The number of hydrogen-bond acceptors (Lipinski definition) is 4. The molecule has 0 atom stereocenters. The molecular formula is C12H14N4. The third-order valence-electron chi connectivity index (χ3n) is 2.21. The minimum absolute atomic E-state index is 0.647. The minimum atomic E-state index is 0.647. The fourth-order valence-corrected chi connectivity index (χ4v) is 1.45. The lowest BCUT2D eigenvalue weighted by atomic mass is 10.2. The highest BCUT2D eigenvalue weighted by Crippen LogP contribution is 2.18. The van der Waals surface area contributed by atoms with E-state index in [1.54, 1.807) is 6.20 Å². The van der Waals surface area contributed by atoms with E-state index in [2.05, 4.69) is 20.3 Å². The standard InChI is InChI=1S/C12H14N4/c1-3-13-12-15-8-9(2)11(16-12)10-6-4-5-7-14-10/h4-8H,3H2,1-2H3,(H,13,15,16). The van der Waals surface area contributed by atoms with Crippen LogP contribution in [-0.2, 0) is 0 Å². The van der Waals surface area contributed by atoms with E-state index in [-0.39, 0.29) is 0 Å². The summed E-state index contributed by atoms with van der Waals surface area (Å²) in [6.45, 7) is 4.81. The number of aryl methyl sites for hydroxylation is 1. The van der Waals surface area contributed by atoms with Gasteiger partial charge in [0.2, 0.25) is 5.95 Å². The Bertz CT molecular complexity index is 468. The van der Waals surface area contributed by atoms with E-state index in [4.69, 9.17) is 0 Å². The maximum absolute atomic E-state index is 4.45. The van der Waals surface area contributed by atoms with Gasteiger partial charge < -0.3 is 5.32 Å². The van der Waals surface area contributed by atoms with Gasteiger partial charge in [0.05, 0.1) is 11.4 Å². The molecule has 1 N–H and O–H groups in total. The molecule has 0 aliphatic carbocycles. The topological polar surface area (TPSA) is 50.7 Å². The summed E-state index contributed by atoms with van der Waals surface area (Å²) in [5, 5.41) is 3.09. The van der Waals surface area contributed by atoms with Crippen LogP contribution in [0.1, 0.15) is 12.5 Å². The molecule has 0 aliphatic rings. The summed E-state index contributed by atoms with van der Waals surface area (Å²) in [6.07, 6.45) is 3.58. The summed E-state index contributed by atoms with van der Waals surface area (Å²) >= 11 is 0. The zero-order valence-electron chi connectivity index (χ0n) is 9.44. The van der Waals surface area contributed by atoms with Gasteiger partial charge in [-0.25, -0.2) is 9.97 Å². The van der Waals surface area contributed by atoms with E-state index < -0.39 is 0 Å². The van der Waals surface area contributed by atoms with Crippen LogP contribution in [0.15, 0.2) is 30.6 Å². The van der Waals surface area contributed by atoms with Crippen LogP contribution in [0.4, 0.5) is 5.95 Å². The monoisotopic (exact) mass is 214 g/mol. The third kappa shape index (κ3) is 2.16. The molecule has 2 rings (SSSR count). The van der Waals surface area contributed by atoms with Crippen molar-refractivity contribution in [3.63, 3.8) is 0 Å². The number of aromatic nitrogens is 3. The maximum Gasteiger partial charge on any atom is 0.223 e. The van der Waals surface area contributed by atoms with E-state index in [0.29, 0.717) is 5.95 Å². The Labute approximate surface area is 94.8 Å². The van der Waals surface area contributed by atoms with E-state index in [1.165, 1.54) is 0 Å². The average Bonchev–Trinajstić information content (AvgIpc) is 2.33. The lowest BCUT2D eigenvalue weighted by Gasteiger charge is -2.06. The Morgan fingerprint density at radius 2 is 2.12 bits per heavy atom. The fraction of sp³-hybridized carbons (Fsp3) is 0.250. The van der Waals surface area contributed by atoms with Gasteiger partial charge in [0, 0.05) is 18.9 Å². The lowest BCUT2D eigenvalue weighted by molar-refractivity contribution is 1.06. The highest BCUT2D eigenvalue weighted by atomic mass is 15.1. The SMILES string of the molecule is CCNc1ncc(C)c(-c2ccccn2)n1. The first kappa shape index (κ1) is 10.5. The van der Waals surface area contributed by atoms with Crippen molar-refractivity contribution in [3.8, 4) is 11.4 Å². The van der Waals surface area contributed by atoms with Crippen molar-refractivity contribution in [3.05, 3.63) is 36.2 Å². The Morgan fingerprint density at radius 1 is 1.25 bits per heavy atom. The predicted molar refractivity (Wildman–Crippen MR) is 64.2 cm³/mol. The van der Waals surface area contributed by atoms with E-state index in [1.807, 2.05) is 38.2 Å². The molecule has 0 spiro atoms. The number of nitrogens with zero attached hydrogens (tertiary/aromatic N) is 3. The molecule has 2 aromatic heterocycles. The summed E-state index contributed by atoms with van der Waals surface area (Å²) in [5.41, 5.74) is 2.79. The predicted octanol–water partition coefficient (Wildman–Crippen LogP) is 2.28. The van der Waals surface area contributed by atoms with Gasteiger partial charge in [0.15, 0.2) is 0 Å². The van der Waals surface area contributed by atoms with Gasteiger partial charge in [-0.05, 0) is 31.5 Å². The smallest absolute Gasteiger partial charge is 0.223 e. The lowest BCUT2D eigenvalue weighted by Crippen LogP contribution is -2.04. The quantitative estimate of drug-likeness (QED) is 0.851.